The van der Waals surface area contributed by atoms with E-state index in [0.717, 1.165) is 25.9 Å². The zero-order chi connectivity index (χ0) is 13.8. The summed E-state index contributed by atoms with van der Waals surface area (Å²) in [4.78, 5) is 6.52. The average Bonchev–Trinajstić information content (AvgIpc) is 2.33. The Kier molecular flexibility index (Phi) is 4.90. The van der Waals surface area contributed by atoms with Gasteiger partial charge in [-0.05, 0) is 33.2 Å². The summed E-state index contributed by atoms with van der Waals surface area (Å²) < 4.78 is 0. The number of aromatic nitrogens is 3. The average molecular weight is 286 g/mol. The molecule has 1 fully saturated rings. The highest BCUT2D eigenvalue weighted by molar-refractivity contribution is 6.29. The Balaban J connectivity index is 1.92. The highest BCUT2D eigenvalue weighted by Gasteiger charge is 2.21. The van der Waals surface area contributed by atoms with E-state index in [4.69, 9.17) is 11.6 Å². The van der Waals surface area contributed by atoms with Gasteiger partial charge >= 0.3 is 0 Å². The molecule has 6 nitrogen and oxygen atoms in total. The molecule has 0 spiro atoms. The summed E-state index contributed by atoms with van der Waals surface area (Å²) in [5.41, 5.74) is 0.677. The van der Waals surface area contributed by atoms with Crippen LogP contribution in [0.1, 0.15) is 25.5 Å². The van der Waals surface area contributed by atoms with Crippen LogP contribution in [0.3, 0.4) is 0 Å². The molecule has 2 atom stereocenters. The minimum atomic E-state index is -0.297. The number of aryl methyl sites for hydroxylation is 1. The van der Waals surface area contributed by atoms with E-state index >= 15 is 0 Å². The molecule has 0 saturated carbocycles. The standard InChI is InChI=1S/C12H20ClN5O/c1-8(19)6-18-5-3-4-10(7-18)15-12-14-9(2)11(13)16-17-12/h8,10,19H,3-7H2,1-2H3,(H,14,15,17)/t8-,10-/m1/s1. The highest BCUT2D eigenvalue weighted by Crippen LogP contribution is 2.15. The molecule has 1 aromatic heterocycles. The van der Waals surface area contributed by atoms with Gasteiger partial charge in [-0.2, -0.15) is 0 Å². The summed E-state index contributed by atoms with van der Waals surface area (Å²) in [6, 6.07) is 0.287. The Morgan fingerprint density at radius 3 is 3.00 bits per heavy atom. The lowest BCUT2D eigenvalue weighted by Crippen LogP contribution is -2.44. The SMILES string of the molecule is Cc1nc(N[C@@H]2CCCN(C[C@@H](C)O)C2)nnc1Cl. The maximum Gasteiger partial charge on any atom is 0.243 e. The molecule has 2 heterocycles. The van der Waals surface area contributed by atoms with Gasteiger partial charge in [0.1, 0.15) is 0 Å². The van der Waals surface area contributed by atoms with Gasteiger partial charge in [-0.1, -0.05) is 11.6 Å². The van der Waals surface area contributed by atoms with Crippen molar-refractivity contribution in [1.82, 2.24) is 20.1 Å². The fourth-order valence-corrected chi connectivity index (χ4v) is 2.43. The van der Waals surface area contributed by atoms with Crippen molar-refractivity contribution < 1.29 is 5.11 Å². The first kappa shape index (κ1) is 14.4. The number of piperidine rings is 1. The number of nitrogens with zero attached hydrogens (tertiary/aromatic N) is 4. The van der Waals surface area contributed by atoms with Crippen molar-refractivity contribution in [2.45, 2.75) is 38.8 Å². The molecule has 2 N–H and O–H groups in total. The summed E-state index contributed by atoms with van der Waals surface area (Å²) in [7, 11) is 0. The second-order valence-corrected chi connectivity index (χ2v) is 5.46. The number of likely N-dealkylation sites (tertiary alicyclic amines) is 1. The molecule has 1 aromatic rings. The largest absolute Gasteiger partial charge is 0.392 e. The van der Waals surface area contributed by atoms with Crippen molar-refractivity contribution in [3.05, 3.63) is 10.8 Å². The number of halogens is 1. The molecule has 2 rings (SSSR count). The number of nitrogens with one attached hydrogen (secondary N) is 1. The van der Waals surface area contributed by atoms with Crippen LogP contribution in [-0.2, 0) is 0 Å². The molecule has 19 heavy (non-hydrogen) atoms. The number of hydrogen-bond acceptors (Lipinski definition) is 6. The fraction of sp³-hybridized carbons (Fsp3) is 0.750. The topological polar surface area (TPSA) is 74.2 Å². The summed E-state index contributed by atoms with van der Waals surface area (Å²) in [6.07, 6.45) is 1.88. The first-order valence-corrected chi connectivity index (χ1v) is 6.96. The summed E-state index contributed by atoms with van der Waals surface area (Å²) in [5.74, 6) is 0.519. The van der Waals surface area contributed by atoms with Gasteiger partial charge in [0.2, 0.25) is 5.95 Å². The molecule has 0 aliphatic carbocycles. The third-order valence-electron chi connectivity index (χ3n) is 3.17. The van der Waals surface area contributed by atoms with E-state index in [1.807, 2.05) is 13.8 Å². The monoisotopic (exact) mass is 285 g/mol. The third kappa shape index (κ3) is 4.26. The van der Waals surface area contributed by atoms with Crippen molar-refractivity contribution >= 4 is 17.5 Å². The molecule has 0 bridgehead atoms. The quantitative estimate of drug-likeness (QED) is 0.863. The zero-order valence-corrected chi connectivity index (χ0v) is 12.1. The van der Waals surface area contributed by atoms with E-state index in [-0.39, 0.29) is 12.1 Å². The van der Waals surface area contributed by atoms with Crippen molar-refractivity contribution in [2.24, 2.45) is 0 Å². The van der Waals surface area contributed by atoms with Gasteiger partial charge in [0, 0.05) is 19.1 Å². The van der Waals surface area contributed by atoms with Gasteiger partial charge in [-0.3, -0.25) is 4.90 Å². The molecular weight excluding hydrogens is 266 g/mol. The van der Waals surface area contributed by atoms with Crippen LogP contribution in [0.2, 0.25) is 5.15 Å². The minimum Gasteiger partial charge on any atom is -0.392 e. The molecule has 1 aliphatic heterocycles. The zero-order valence-electron chi connectivity index (χ0n) is 11.3. The van der Waals surface area contributed by atoms with E-state index in [0.29, 0.717) is 23.3 Å². The number of rotatable bonds is 4. The first-order chi connectivity index (χ1) is 9.04. The number of aliphatic hydroxyl groups excluding tert-OH is 1. The molecule has 1 aliphatic rings. The van der Waals surface area contributed by atoms with Crippen LogP contribution in [-0.4, -0.2) is 57.0 Å². The smallest absolute Gasteiger partial charge is 0.243 e. The van der Waals surface area contributed by atoms with Crippen LogP contribution in [0.4, 0.5) is 5.95 Å². The van der Waals surface area contributed by atoms with E-state index in [1.165, 1.54) is 0 Å². The van der Waals surface area contributed by atoms with Gasteiger partial charge < -0.3 is 10.4 Å². The Hall–Kier alpha value is -0.980. The van der Waals surface area contributed by atoms with Gasteiger partial charge in [0.15, 0.2) is 5.15 Å². The van der Waals surface area contributed by atoms with Crippen molar-refractivity contribution in [3.8, 4) is 0 Å². The lowest BCUT2D eigenvalue weighted by atomic mass is 10.1. The summed E-state index contributed by atoms with van der Waals surface area (Å²) in [5, 5.41) is 20.9. The molecule has 0 amide bonds. The van der Waals surface area contributed by atoms with Gasteiger partial charge in [-0.25, -0.2) is 4.98 Å². The second kappa shape index (κ2) is 6.45. The van der Waals surface area contributed by atoms with Crippen LogP contribution in [0.5, 0.6) is 0 Å². The summed E-state index contributed by atoms with van der Waals surface area (Å²) >= 11 is 5.80. The Labute approximate surface area is 118 Å². The van der Waals surface area contributed by atoms with E-state index in [1.54, 1.807) is 0 Å². The van der Waals surface area contributed by atoms with E-state index in [9.17, 15) is 5.11 Å². The maximum absolute atomic E-state index is 9.44. The van der Waals surface area contributed by atoms with Crippen molar-refractivity contribution in [3.63, 3.8) is 0 Å². The molecule has 0 radical (unpaired) electrons. The lowest BCUT2D eigenvalue weighted by Gasteiger charge is -2.33. The van der Waals surface area contributed by atoms with Gasteiger partial charge in [-0.15, -0.1) is 10.2 Å². The number of aliphatic hydroxyl groups is 1. The molecule has 7 heteroatoms. The van der Waals surface area contributed by atoms with E-state index < -0.39 is 0 Å². The van der Waals surface area contributed by atoms with Crippen LogP contribution in [0.25, 0.3) is 0 Å². The number of hydrogen-bond donors (Lipinski definition) is 2. The predicted molar refractivity (Wildman–Crippen MR) is 74.3 cm³/mol. The van der Waals surface area contributed by atoms with Gasteiger partial charge in [0.05, 0.1) is 11.8 Å². The number of β-amino-alcohol motifs (C(OH)–C–C–N with tert-alkyl or cyclic N) is 1. The lowest BCUT2D eigenvalue weighted by molar-refractivity contribution is 0.110. The Morgan fingerprint density at radius 2 is 2.32 bits per heavy atom. The normalized spacial score (nSPS) is 22.2. The second-order valence-electron chi connectivity index (χ2n) is 5.10. The van der Waals surface area contributed by atoms with Crippen molar-refractivity contribution in [2.75, 3.05) is 25.0 Å². The molecule has 106 valence electrons. The molecule has 0 aromatic carbocycles. The molecule has 0 unspecified atom stereocenters. The van der Waals surface area contributed by atoms with Crippen LogP contribution >= 0.6 is 11.6 Å². The Morgan fingerprint density at radius 1 is 1.53 bits per heavy atom. The molecule has 1 saturated heterocycles. The maximum atomic E-state index is 9.44. The molecular formula is C12H20ClN5O. The highest BCUT2D eigenvalue weighted by atomic mass is 35.5. The minimum absolute atomic E-state index is 0.287. The van der Waals surface area contributed by atoms with E-state index in [2.05, 4.69) is 25.4 Å². The summed E-state index contributed by atoms with van der Waals surface area (Å²) in [6.45, 7) is 6.24. The Bertz CT molecular complexity index is 429. The predicted octanol–water partition coefficient (Wildman–Crippen LogP) is 1.09. The van der Waals surface area contributed by atoms with Gasteiger partial charge in [0.25, 0.3) is 0 Å². The van der Waals surface area contributed by atoms with Crippen LogP contribution < -0.4 is 5.32 Å². The third-order valence-corrected chi connectivity index (χ3v) is 3.51. The fourth-order valence-electron chi connectivity index (χ4n) is 2.35. The van der Waals surface area contributed by atoms with Crippen LogP contribution in [0, 0.1) is 6.92 Å². The first-order valence-electron chi connectivity index (χ1n) is 6.58. The number of anilines is 1. The van der Waals surface area contributed by atoms with Crippen LogP contribution in [0.15, 0.2) is 0 Å². The van der Waals surface area contributed by atoms with Crippen molar-refractivity contribution in [1.29, 1.82) is 0 Å².